The minimum atomic E-state index is -0.188. The first-order valence-corrected chi connectivity index (χ1v) is 30.1. The van der Waals surface area contributed by atoms with Gasteiger partial charge < -0.3 is 47.9 Å². The van der Waals surface area contributed by atoms with Crippen molar-refractivity contribution >= 4 is 86.7 Å². The van der Waals surface area contributed by atoms with Gasteiger partial charge in [-0.25, -0.2) is 9.97 Å². The first-order chi connectivity index (χ1) is 41.6. The molecule has 17 rings (SSSR count). The second-order valence-electron chi connectivity index (χ2n) is 23.3. The number of rotatable bonds is 8. The summed E-state index contributed by atoms with van der Waals surface area (Å²) in [5, 5.41) is 12.3. The normalized spacial score (nSPS) is 17.1. The number of benzene rings is 8. The average molecular weight is 1300 g/mol. The fourth-order valence-corrected chi connectivity index (χ4v) is 13.6. The van der Waals surface area contributed by atoms with Crippen molar-refractivity contribution in [3.05, 3.63) is 146 Å². The van der Waals surface area contributed by atoms with Crippen molar-refractivity contribution in [2.24, 2.45) is 0 Å². The average Bonchev–Trinajstić information content (AvgIpc) is 2.16. The van der Waals surface area contributed by atoms with Crippen LogP contribution in [0.5, 0.6) is 23.0 Å². The van der Waals surface area contributed by atoms with Crippen LogP contribution in [0.1, 0.15) is 51.4 Å². The second-order valence-corrected chi connectivity index (χ2v) is 23.3. The van der Waals surface area contributed by atoms with Crippen LogP contribution < -0.4 is 28.9 Å². The maximum atomic E-state index is 7.64. The van der Waals surface area contributed by atoms with Gasteiger partial charge in [0, 0.05) is 73.6 Å². The molecular formula is C72H60N4O8Pt. The van der Waals surface area contributed by atoms with Gasteiger partial charge in [0.2, 0.25) is 0 Å². The minimum absolute atomic E-state index is 0. The smallest absolute Gasteiger partial charge is 0.651 e. The van der Waals surface area contributed by atoms with Gasteiger partial charge in [0.1, 0.15) is 70.2 Å². The molecule has 8 bridgehead atoms. The zero-order valence-corrected chi connectivity index (χ0v) is 49.1. The quantitative estimate of drug-likeness (QED) is 0.144. The van der Waals surface area contributed by atoms with Crippen molar-refractivity contribution in [1.82, 2.24) is 19.9 Å². The molecule has 10 aromatic rings. The molecule has 4 fully saturated rings. The number of hydrogen-bond acceptors (Lipinski definition) is 10. The van der Waals surface area contributed by atoms with E-state index < -0.39 is 0 Å². The summed E-state index contributed by atoms with van der Waals surface area (Å²) < 4.78 is 54.6. The Morgan fingerprint density at radius 3 is 0.706 bits per heavy atom. The first-order valence-electron chi connectivity index (χ1n) is 30.1. The van der Waals surface area contributed by atoms with Crippen molar-refractivity contribution < 1.29 is 59.0 Å². The second kappa shape index (κ2) is 21.9. The van der Waals surface area contributed by atoms with Crippen LogP contribution in [0.25, 0.3) is 132 Å². The van der Waals surface area contributed by atoms with Gasteiger partial charge >= 0.3 is 21.1 Å². The standard InChI is InChI=1S/C72H60N4O8.Pt/c1-2-10-42-34-54-53(33-41(42)9-1)61-69(81-49-17-25-77-26-18-49)63-55-35-43-11-3-4-12-44(43)36-56(55)65(74-63)71(83-51-21-29-79-30-22-51)67-59-39-47-15-7-8-16-48(47)40-60(59)68(76-67)72(84-52-23-31-80-32-24-52)66-58-38-46-14-6-5-13-45(46)37-57(58)64(75-66)70(62(54)73-61)82-50-19-27-78-28-20-50;/h1-16,33-40,49-52H,17-32H2;/q-2;+2. The summed E-state index contributed by atoms with van der Waals surface area (Å²) in [5.74, 6) is 2.34. The summed E-state index contributed by atoms with van der Waals surface area (Å²) in [4.78, 5) is 23.9. The van der Waals surface area contributed by atoms with Gasteiger partial charge in [-0.2, -0.15) is 0 Å². The molecule has 8 heterocycles. The number of hydrogen-bond donors (Lipinski definition) is 0. The van der Waals surface area contributed by atoms with Gasteiger partial charge in [0.05, 0.1) is 52.9 Å². The van der Waals surface area contributed by atoms with Gasteiger partial charge in [0.15, 0.2) is 0 Å². The van der Waals surface area contributed by atoms with Crippen LogP contribution in [0.3, 0.4) is 0 Å². The van der Waals surface area contributed by atoms with E-state index in [1.54, 1.807) is 0 Å². The zero-order valence-electron chi connectivity index (χ0n) is 46.9. The number of aromatic nitrogens is 4. The van der Waals surface area contributed by atoms with E-state index in [0.29, 0.717) is 172 Å². The molecule has 7 aliphatic rings. The maximum absolute atomic E-state index is 7.64. The van der Waals surface area contributed by atoms with Crippen LogP contribution in [-0.2, 0) is 40.0 Å². The van der Waals surface area contributed by atoms with Crippen molar-refractivity contribution in [2.45, 2.75) is 75.8 Å². The molecule has 426 valence electrons. The van der Waals surface area contributed by atoms with Crippen molar-refractivity contribution in [1.29, 1.82) is 0 Å². The predicted molar refractivity (Wildman–Crippen MR) is 331 cm³/mol. The Bertz CT molecular complexity index is 4070. The molecule has 0 amide bonds. The number of ether oxygens (including phenoxy) is 8. The molecule has 13 heteroatoms. The van der Waals surface area contributed by atoms with E-state index in [4.69, 9.17) is 57.8 Å². The molecule has 85 heavy (non-hydrogen) atoms. The molecule has 0 N–H and O–H groups in total. The number of fused-ring (bicyclic) bond motifs is 4. The molecule has 8 aromatic carbocycles. The molecule has 12 nitrogen and oxygen atoms in total. The summed E-state index contributed by atoms with van der Waals surface area (Å²) in [6, 6.07) is 52.3. The predicted octanol–water partition coefficient (Wildman–Crippen LogP) is 15.4. The Labute approximate surface area is 505 Å². The summed E-state index contributed by atoms with van der Waals surface area (Å²) >= 11 is 0. The molecule has 0 atom stereocenters. The molecule has 0 unspecified atom stereocenters. The van der Waals surface area contributed by atoms with Crippen LogP contribution in [0.4, 0.5) is 0 Å². The molecule has 0 spiro atoms. The zero-order chi connectivity index (χ0) is 55.2. The molecule has 0 radical (unpaired) electrons. The van der Waals surface area contributed by atoms with Crippen LogP contribution >= 0.6 is 0 Å². The Hall–Kier alpha value is -7.83. The number of nitrogens with zero attached hydrogens (tertiary/aromatic N) is 4. The molecular weight excluding hydrogens is 1240 g/mol. The molecule has 2 aromatic heterocycles. The fraction of sp³-hybridized carbons (Fsp3) is 0.278. The van der Waals surface area contributed by atoms with Gasteiger partial charge in [0.25, 0.3) is 0 Å². The van der Waals surface area contributed by atoms with E-state index in [9.17, 15) is 0 Å². The molecule has 0 saturated carbocycles. The Morgan fingerprint density at radius 2 is 0.494 bits per heavy atom. The SMILES string of the molecule is [Pt+2].c1ccc2cc3c(cc2c1)-c1nc-3c(OC2CCOCC2)c2[n-]c(c(OC3CCOCC3)c3nc(c(OC4CCOCC4)c4[n-]c(c1OC1CCOCC1)c1cc5ccccc5cc41)-c1cc4ccccc4cc1-3)c1cc3ccccc3cc21. The van der Waals surface area contributed by atoms with E-state index in [0.717, 1.165) is 86.9 Å². The van der Waals surface area contributed by atoms with Gasteiger partial charge in [-0.05, 0) is 113 Å². The molecule has 6 aliphatic heterocycles. The van der Waals surface area contributed by atoms with Crippen molar-refractivity contribution in [2.75, 3.05) is 52.9 Å². The molecule has 4 saturated heterocycles. The first kappa shape index (κ1) is 52.7. The van der Waals surface area contributed by atoms with Gasteiger partial charge in [-0.15, -0.1) is 0 Å². The van der Waals surface area contributed by atoms with Crippen molar-refractivity contribution in [3.8, 4) is 68.0 Å². The molecule has 1 aliphatic carbocycles. The topological polar surface area (TPSA) is 128 Å². The van der Waals surface area contributed by atoms with Crippen LogP contribution in [-0.4, -0.2) is 87.2 Å². The van der Waals surface area contributed by atoms with E-state index in [1.165, 1.54) is 0 Å². The van der Waals surface area contributed by atoms with Crippen LogP contribution in [0, 0.1) is 0 Å². The minimum Gasteiger partial charge on any atom is -0.651 e. The monoisotopic (exact) mass is 1300 g/mol. The van der Waals surface area contributed by atoms with Gasteiger partial charge in [-0.3, -0.25) is 0 Å². The Morgan fingerprint density at radius 1 is 0.294 bits per heavy atom. The summed E-state index contributed by atoms with van der Waals surface area (Å²) in [7, 11) is 0. The Kier molecular flexibility index (Phi) is 13.6. The Balaban J connectivity index is 0.00000588. The third-order valence-corrected chi connectivity index (χ3v) is 18.0. The van der Waals surface area contributed by atoms with E-state index in [1.807, 2.05) is 0 Å². The van der Waals surface area contributed by atoms with E-state index in [2.05, 4.69) is 146 Å². The third-order valence-electron chi connectivity index (χ3n) is 18.0. The van der Waals surface area contributed by atoms with E-state index >= 15 is 0 Å². The van der Waals surface area contributed by atoms with E-state index in [-0.39, 0.29) is 45.5 Å². The third kappa shape index (κ3) is 9.31. The fourth-order valence-electron chi connectivity index (χ4n) is 13.6. The summed E-state index contributed by atoms with van der Waals surface area (Å²) in [6.45, 7) is 4.66. The van der Waals surface area contributed by atoms with Crippen LogP contribution in [0.15, 0.2) is 146 Å². The largest absolute Gasteiger partial charge is 2.00 e. The van der Waals surface area contributed by atoms with Crippen LogP contribution in [0.2, 0.25) is 0 Å². The maximum Gasteiger partial charge on any atom is 2.00 e. The van der Waals surface area contributed by atoms with Gasteiger partial charge in [-0.1, -0.05) is 119 Å². The summed E-state index contributed by atoms with van der Waals surface area (Å²) in [5.41, 5.74) is 9.04. The summed E-state index contributed by atoms with van der Waals surface area (Å²) in [6.07, 6.45) is 4.88. The van der Waals surface area contributed by atoms with Crippen molar-refractivity contribution in [3.63, 3.8) is 0 Å².